The van der Waals surface area contributed by atoms with Crippen LogP contribution in [0.1, 0.15) is 25.7 Å². The maximum Gasteiger partial charge on any atom is 0.220 e. The normalized spacial score (nSPS) is 10.5. The van der Waals surface area contributed by atoms with Gasteiger partial charge in [0.2, 0.25) is 11.8 Å². The Morgan fingerprint density at radius 3 is 1.60 bits per heavy atom. The highest BCUT2D eigenvalue weighted by Crippen LogP contribution is 2.29. The van der Waals surface area contributed by atoms with Gasteiger partial charge >= 0.3 is 0 Å². The van der Waals surface area contributed by atoms with E-state index in [-0.39, 0.29) is 11.8 Å². The number of pyridine rings is 2. The fourth-order valence-electron chi connectivity index (χ4n) is 2.15. The minimum atomic E-state index is 0.0654. The summed E-state index contributed by atoms with van der Waals surface area (Å²) in [7, 11) is 6.43. The van der Waals surface area contributed by atoms with Crippen molar-refractivity contribution in [2.75, 3.05) is 24.6 Å². The molecule has 0 aromatic carbocycles. The van der Waals surface area contributed by atoms with Gasteiger partial charge in [-0.25, -0.2) is 9.97 Å². The molecule has 0 bridgehead atoms. The van der Waals surface area contributed by atoms with Gasteiger partial charge in [0, 0.05) is 49.8 Å². The zero-order valence-corrected chi connectivity index (χ0v) is 19.9. The number of rotatable bonds is 15. The molecule has 2 aromatic rings. The van der Waals surface area contributed by atoms with E-state index in [9.17, 15) is 9.59 Å². The lowest BCUT2D eigenvalue weighted by Crippen LogP contribution is -2.27. The molecule has 0 fully saturated rings. The van der Waals surface area contributed by atoms with E-state index in [1.165, 1.54) is 0 Å². The number of hydrogen-bond donors (Lipinski definition) is 2. The van der Waals surface area contributed by atoms with Gasteiger partial charge in [-0.1, -0.05) is 33.7 Å². The molecule has 0 spiro atoms. The molecule has 0 atom stereocenters. The lowest BCUT2D eigenvalue weighted by molar-refractivity contribution is -0.121. The summed E-state index contributed by atoms with van der Waals surface area (Å²) in [5.74, 6) is 1.63. The molecule has 30 heavy (non-hydrogen) atoms. The highest BCUT2D eigenvalue weighted by Gasteiger charge is 2.04. The van der Waals surface area contributed by atoms with Crippen molar-refractivity contribution in [3.05, 3.63) is 48.8 Å². The molecule has 2 rings (SSSR count). The Hall–Kier alpha value is -1.36. The van der Waals surface area contributed by atoms with Crippen LogP contribution in [-0.2, 0) is 9.59 Å². The van der Waals surface area contributed by atoms with E-state index >= 15 is 0 Å². The molecule has 2 N–H and O–H groups in total. The van der Waals surface area contributed by atoms with E-state index in [0.717, 1.165) is 34.4 Å². The summed E-state index contributed by atoms with van der Waals surface area (Å²) in [4.78, 5) is 32.1. The van der Waals surface area contributed by atoms with Crippen molar-refractivity contribution in [3.63, 3.8) is 0 Å². The zero-order valence-electron chi connectivity index (χ0n) is 16.6. The number of nitrogens with one attached hydrogen (secondary N) is 2. The number of nitrogens with zero attached hydrogens (tertiary/aromatic N) is 2. The van der Waals surface area contributed by atoms with Gasteiger partial charge < -0.3 is 10.6 Å². The molecule has 2 aromatic heterocycles. The number of carbonyl (C=O) groups excluding carboxylic acids is 2. The molecule has 0 saturated carbocycles. The van der Waals surface area contributed by atoms with E-state index in [0.29, 0.717) is 25.9 Å². The van der Waals surface area contributed by atoms with Crippen molar-refractivity contribution in [2.45, 2.75) is 35.7 Å². The van der Waals surface area contributed by atoms with Gasteiger partial charge in [0.1, 0.15) is 10.1 Å². The minimum absolute atomic E-state index is 0.0654. The van der Waals surface area contributed by atoms with Gasteiger partial charge in [-0.3, -0.25) is 9.59 Å². The third-order valence-corrected chi connectivity index (χ3v) is 8.17. The third kappa shape index (κ3) is 12.4. The van der Waals surface area contributed by atoms with Crippen LogP contribution in [0.3, 0.4) is 0 Å². The standard InChI is InChI=1S/C20H26N4O2S4/c25-17(9-15-27-29-19-7-1-3-13-23-19)21-11-5-6-12-22-18(26)10-16-28-30-20-8-2-4-14-24-20/h1-4,7-8,13-14H,5-6,9-12,15-16H2,(H,21,25)(H,22,26). The Labute approximate surface area is 193 Å². The smallest absolute Gasteiger partial charge is 0.220 e. The monoisotopic (exact) mass is 482 g/mol. The molecule has 0 radical (unpaired) electrons. The van der Waals surface area contributed by atoms with Crippen molar-refractivity contribution in [2.24, 2.45) is 0 Å². The Balaban J connectivity index is 1.36. The second kappa shape index (κ2) is 16.3. The average molecular weight is 483 g/mol. The predicted molar refractivity (Wildman–Crippen MR) is 130 cm³/mol. The third-order valence-electron chi connectivity index (χ3n) is 3.64. The Bertz CT molecular complexity index is 675. The molecule has 2 amide bonds. The summed E-state index contributed by atoms with van der Waals surface area (Å²) in [6, 6.07) is 11.6. The van der Waals surface area contributed by atoms with Gasteiger partial charge in [0.05, 0.1) is 0 Å². The molecular weight excluding hydrogens is 457 g/mol. The van der Waals surface area contributed by atoms with E-state index in [1.807, 2.05) is 36.4 Å². The molecule has 10 heteroatoms. The second-order valence-electron chi connectivity index (χ2n) is 6.05. The maximum atomic E-state index is 11.8. The Kier molecular flexibility index (Phi) is 13.6. The van der Waals surface area contributed by atoms with Gasteiger partial charge in [-0.15, -0.1) is 0 Å². The summed E-state index contributed by atoms with van der Waals surface area (Å²) < 4.78 is 0. The van der Waals surface area contributed by atoms with Crippen LogP contribution in [0.25, 0.3) is 0 Å². The highest BCUT2D eigenvalue weighted by molar-refractivity contribution is 8.77. The Morgan fingerprint density at radius 1 is 0.733 bits per heavy atom. The van der Waals surface area contributed by atoms with Crippen molar-refractivity contribution >= 4 is 55.0 Å². The van der Waals surface area contributed by atoms with Gasteiger partial charge in [0.15, 0.2) is 0 Å². The topological polar surface area (TPSA) is 84.0 Å². The van der Waals surface area contributed by atoms with Crippen molar-refractivity contribution in [1.29, 1.82) is 0 Å². The fourth-order valence-corrected chi connectivity index (χ4v) is 5.89. The number of unbranched alkanes of at least 4 members (excludes halogenated alkanes) is 1. The molecule has 0 aliphatic rings. The first-order valence-corrected chi connectivity index (χ1v) is 14.3. The Morgan fingerprint density at radius 2 is 1.20 bits per heavy atom. The summed E-state index contributed by atoms with van der Waals surface area (Å²) in [5.41, 5.74) is 0. The van der Waals surface area contributed by atoms with E-state index in [1.54, 1.807) is 55.6 Å². The fraction of sp³-hybridized carbons (Fsp3) is 0.400. The molecule has 6 nitrogen and oxygen atoms in total. The zero-order chi connectivity index (χ0) is 21.3. The van der Waals surface area contributed by atoms with E-state index in [2.05, 4.69) is 20.6 Å². The average Bonchev–Trinajstić information content (AvgIpc) is 2.78. The summed E-state index contributed by atoms with van der Waals surface area (Å²) >= 11 is 0. The van der Waals surface area contributed by atoms with E-state index in [4.69, 9.17) is 0 Å². The first kappa shape index (κ1) is 24.9. The lowest BCUT2D eigenvalue weighted by Gasteiger charge is -2.07. The number of hydrogen-bond acceptors (Lipinski definition) is 8. The van der Waals surface area contributed by atoms with Crippen LogP contribution in [0, 0.1) is 0 Å². The largest absolute Gasteiger partial charge is 0.356 e. The highest BCUT2D eigenvalue weighted by atomic mass is 33.1. The maximum absolute atomic E-state index is 11.8. The van der Waals surface area contributed by atoms with Gasteiger partial charge in [0.25, 0.3) is 0 Å². The number of carbonyl (C=O) groups is 2. The van der Waals surface area contributed by atoms with Crippen LogP contribution in [0.15, 0.2) is 58.8 Å². The molecule has 2 heterocycles. The first-order valence-electron chi connectivity index (χ1n) is 9.68. The van der Waals surface area contributed by atoms with Crippen LogP contribution in [-0.4, -0.2) is 46.4 Å². The summed E-state index contributed by atoms with van der Waals surface area (Å²) in [6.07, 6.45) is 6.22. The van der Waals surface area contributed by atoms with Crippen LogP contribution in [0.5, 0.6) is 0 Å². The van der Waals surface area contributed by atoms with Crippen molar-refractivity contribution in [1.82, 2.24) is 20.6 Å². The SMILES string of the molecule is O=C(CCSSc1ccccn1)NCCCCNC(=O)CCSSc1ccccn1. The quantitative estimate of drug-likeness (QED) is 0.285. The minimum Gasteiger partial charge on any atom is -0.356 e. The molecule has 0 aliphatic carbocycles. The molecule has 0 saturated heterocycles. The second-order valence-corrected chi connectivity index (χ2v) is 10.9. The van der Waals surface area contributed by atoms with E-state index < -0.39 is 0 Å². The summed E-state index contributed by atoms with van der Waals surface area (Å²) in [6.45, 7) is 1.28. The number of amides is 2. The van der Waals surface area contributed by atoms with Crippen LogP contribution >= 0.6 is 43.2 Å². The van der Waals surface area contributed by atoms with Crippen molar-refractivity contribution < 1.29 is 9.59 Å². The van der Waals surface area contributed by atoms with Crippen LogP contribution < -0.4 is 10.6 Å². The predicted octanol–water partition coefficient (Wildman–Crippen LogP) is 4.45. The molecular formula is C20H26N4O2S4. The lowest BCUT2D eigenvalue weighted by atomic mass is 10.3. The summed E-state index contributed by atoms with van der Waals surface area (Å²) in [5, 5.41) is 7.76. The molecule has 162 valence electrons. The van der Waals surface area contributed by atoms with Gasteiger partial charge in [-0.2, -0.15) is 0 Å². The molecule has 0 unspecified atom stereocenters. The van der Waals surface area contributed by atoms with Crippen molar-refractivity contribution in [3.8, 4) is 0 Å². The molecule has 0 aliphatic heterocycles. The van der Waals surface area contributed by atoms with Gasteiger partial charge in [-0.05, 0) is 58.7 Å². The van der Waals surface area contributed by atoms with Crippen LogP contribution in [0.2, 0.25) is 0 Å². The number of aromatic nitrogens is 2. The van der Waals surface area contributed by atoms with Crippen LogP contribution in [0.4, 0.5) is 0 Å². The first-order chi connectivity index (χ1) is 14.7.